The number of nitrogens with one attached hydrogen (secondary N) is 1. The van der Waals surface area contributed by atoms with E-state index in [2.05, 4.69) is 11.9 Å². The van der Waals surface area contributed by atoms with Crippen LogP contribution in [0.15, 0.2) is 29.7 Å². The number of rotatable bonds is 6. The molecule has 0 radical (unpaired) electrons. The van der Waals surface area contributed by atoms with Crippen LogP contribution in [0.1, 0.15) is 44.6 Å². The average molecular weight is 421 g/mol. The SMILES string of the molecule is C=CCN1c2cc(OC)c(OC)cc2C(C)=C(C(=O)NC2CCCCC2)S1(=O)=O. The summed E-state index contributed by atoms with van der Waals surface area (Å²) in [5.41, 5.74) is 1.46. The predicted octanol–water partition coefficient (Wildman–Crippen LogP) is 3.22. The van der Waals surface area contributed by atoms with E-state index in [-0.39, 0.29) is 17.5 Å². The molecule has 1 aliphatic heterocycles. The Kier molecular flexibility index (Phi) is 6.21. The molecule has 29 heavy (non-hydrogen) atoms. The Balaban J connectivity index is 2.13. The summed E-state index contributed by atoms with van der Waals surface area (Å²) in [5.74, 6) is 0.331. The summed E-state index contributed by atoms with van der Waals surface area (Å²) in [7, 11) is -1.04. The van der Waals surface area contributed by atoms with Crippen molar-refractivity contribution in [1.29, 1.82) is 0 Å². The van der Waals surface area contributed by atoms with Gasteiger partial charge in [0.1, 0.15) is 0 Å². The lowest BCUT2D eigenvalue weighted by atomic mass is 9.95. The first-order valence-corrected chi connectivity index (χ1v) is 11.2. The zero-order valence-corrected chi connectivity index (χ0v) is 18.0. The van der Waals surface area contributed by atoms with Gasteiger partial charge in [-0.05, 0) is 31.4 Å². The highest BCUT2D eigenvalue weighted by atomic mass is 32.2. The lowest BCUT2D eigenvalue weighted by Crippen LogP contribution is -2.44. The van der Waals surface area contributed by atoms with Crippen molar-refractivity contribution < 1.29 is 22.7 Å². The topological polar surface area (TPSA) is 84.9 Å². The van der Waals surface area contributed by atoms with E-state index >= 15 is 0 Å². The number of sulfonamides is 1. The highest BCUT2D eigenvalue weighted by Crippen LogP contribution is 2.44. The first-order chi connectivity index (χ1) is 13.8. The molecular formula is C21H28N2O5S. The molecule has 1 amide bonds. The van der Waals surface area contributed by atoms with Crippen LogP contribution in [0, 0.1) is 0 Å². The Labute approximate surface area is 172 Å². The second kappa shape index (κ2) is 8.49. The standard InChI is InChI=1S/C21H28N2O5S/c1-5-11-23-17-13-19(28-4)18(27-3)12-16(17)14(2)20(29(23,25)26)21(24)22-15-9-7-6-8-10-15/h5,12-13,15H,1,6-11H2,2-4H3,(H,22,24). The zero-order valence-electron chi connectivity index (χ0n) is 17.2. The largest absolute Gasteiger partial charge is 0.493 e. The quantitative estimate of drug-likeness (QED) is 0.715. The molecule has 0 aromatic heterocycles. The number of carbonyl (C=O) groups excluding carboxylic acids is 1. The molecule has 2 aliphatic rings. The minimum absolute atomic E-state index is 0.00593. The van der Waals surface area contributed by atoms with Crippen LogP contribution < -0.4 is 19.1 Å². The molecule has 0 bridgehead atoms. The predicted molar refractivity (Wildman–Crippen MR) is 114 cm³/mol. The van der Waals surface area contributed by atoms with E-state index in [0.29, 0.717) is 28.3 Å². The number of methoxy groups -OCH3 is 2. The number of allylic oxidation sites excluding steroid dienone is 1. The van der Waals surface area contributed by atoms with E-state index in [4.69, 9.17) is 9.47 Å². The van der Waals surface area contributed by atoms with Crippen LogP contribution in [-0.4, -0.2) is 41.1 Å². The normalized spacial score (nSPS) is 18.8. The summed E-state index contributed by atoms with van der Waals surface area (Å²) in [6.07, 6.45) is 6.46. The highest BCUT2D eigenvalue weighted by Gasteiger charge is 2.40. The Bertz CT molecular complexity index is 946. The lowest BCUT2D eigenvalue weighted by molar-refractivity contribution is -0.117. The third-order valence-electron chi connectivity index (χ3n) is 5.50. The van der Waals surface area contributed by atoms with Crippen LogP contribution in [0.3, 0.4) is 0 Å². The van der Waals surface area contributed by atoms with Gasteiger partial charge in [-0.3, -0.25) is 9.10 Å². The number of carbonyl (C=O) groups is 1. The Hall–Kier alpha value is -2.48. The van der Waals surface area contributed by atoms with Crippen molar-refractivity contribution in [3.63, 3.8) is 0 Å². The Morgan fingerprint density at radius 1 is 1.21 bits per heavy atom. The number of anilines is 1. The second-order valence-electron chi connectivity index (χ2n) is 7.31. The number of fused-ring (bicyclic) bond motifs is 1. The van der Waals surface area contributed by atoms with Gasteiger partial charge in [0.05, 0.1) is 26.5 Å². The molecule has 0 unspecified atom stereocenters. The number of amides is 1. The smallest absolute Gasteiger partial charge is 0.270 e. The van der Waals surface area contributed by atoms with E-state index in [9.17, 15) is 13.2 Å². The van der Waals surface area contributed by atoms with Crippen LogP contribution in [0.4, 0.5) is 5.69 Å². The molecule has 1 aromatic rings. The highest BCUT2D eigenvalue weighted by molar-refractivity contribution is 7.97. The number of hydrogen-bond acceptors (Lipinski definition) is 5. The van der Waals surface area contributed by atoms with Crippen molar-refractivity contribution >= 4 is 27.2 Å². The molecule has 1 aromatic carbocycles. The fraction of sp³-hybridized carbons (Fsp3) is 0.476. The van der Waals surface area contributed by atoms with Gasteiger partial charge >= 0.3 is 0 Å². The monoisotopic (exact) mass is 420 g/mol. The van der Waals surface area contributed by atoms with Crippen molar-refractivity contribution in [2.75, 3.05) is 25.1 Å². The van der Waals surface area contributed by atoms with Crippen molar-refractivity contribution in [2.24, 2.45) is 0 Å². The first-order valence-electron chi connectivity index (χ1n) is 9.77. The van der Waals surface area contributed by atoms with Crippen LogP contribution in [0.5, 0.6) is 11.5 Å². The molecule has 1 fully saturated rings. The van der Waals surface area contributed by atoms with E-state index in [0.717, 1.165) is 32.1 Å². The van der Waals surface area contributed by atoms with Gasteiger partial charge in [-0.2, -0.15) is 0 Å². The third-order valence-corrected chi connectivity index (χ3v) is 7.44. The number of ether oxygens (including phenoxy) is 2. The molecule has 1 N–H and O–H groups in total. The molecule has 1 aliphatic carbocycles. The number of benzene rings is 1. The molecule has 1 heterocycles. The van der Waals surface area contributed by atoms with E-state index in [1.807, 2.05) is 0 Å². The van der Waals surface area contributed by atoms with Crippen LogP contribution in [-0.2, 0) is 14.8 Å². The van der Waals surface area contributed by atoms with Gasteiger partial charge in [0, 0.05) is 17.7 Å². The summed E-state index contributed by atoms with van der Waals surface area (Å²) < 4.78 is 38.7. The van der Waals surface area contributed by atoms with Crippen LogP contribution in [0.25, 0.3) is 5.57 Å². The maximum Gasteiger partial charge on any atom is 0.270 e. The maximum atomic E-state index is 13.4. The molecular weight excluding hydrogens is 392 g/mol. The van der Waals surface area contributed by atoms with Gasteiger partial charge in [-0.1, -0.05) is 25.3 Å². The molecule has 0 saturated heterocycles. The van der Waals surface area contributed by atoms with E-state index in [1.165, 1.54) is 24.6 Å². The Morgan fingerprint density at radius 2 is 1.83 bits per heavy atom. The average Bonchev–Trinajstić information content (AvgIpc) is 2.70. The molecule has 0 atom stereocenters. The minimum atomic E-state index is -4.05. The van der Waals surface area contributed by atoms with Gasteiger partial charge in [-0.25, -0.2) is 8.42 Å². The summed E-state index contributed by atoms with van der Waals surface area (Å²) in [6, 6.07) is 3.34. The number of hydrogen-bond donors (Lipinski definition) is 1. The van der Waals surface area contributed by atoms with E-state index < -0.39 is 15.9 Å². The fourth-order valence-electron chi connectivity index (χ4n) is 4.03. The lowest BCUT2D eigenvalue weighted by Gasteiger charge is -2.33. The molecule has 0 spiro atoms. The van der Waals surface area contributed by atoms with E-state index in [1.54, 1.807) is 19.1 Å². The van der Waals surface area contributed by atoms with Crippen molar-refractivity contribution in [2.45, 2.75) is 45.1 Å². The summed E-state index contributed by atoms with van der Waals surface area (Å²) in [6.45, 7) is 5.37. The maximum absolute atomic E-state index is 13.4. The molecule has 8 heteroatoms. The third kappa shape index (κ3) is 3.85. The van der Waals surface area contributed by atoms with Gasteiger partial charge < -0.3 is 14.8 Å². The van der Waals surface area contributed by atoms with Gasteiger partial charge in [0.25, 0.3) is 15.9 Å². The number of nitrogens with zero attached hydrogens (tertiary/aromatic N) is 1. The fourth-order valence-corrected chi connectivity index (χ4v) is 5.75. The first kappa shape index (κ1) is 21.2. The van der Waals surface area contributed by atoms with Crippen molar-refractivity contribution in [3.8, 4) is 11.5 Å². The Morgan fingerprint density at radius 3 is 2.41 bits per heavy atom. The summed E-state index contributed by atoms with van der Waals surface area (Å²) in [5, 5.41) is 2.93. The minimum Gasteiger partial charge on any atom is -0.493 e. The van der Waals surface area contributed by atoms with Crippen molar-refractivity contribution in [1.82, 2.24) is 5.32 Å². The van der Waals surface area contributed by atoms with Gasteiger partial charge in [0.15, 0.2) is 16.4 Å². The second-order valence-corrected chi connectivity index (χ2v) is 9.11. The summed E-state index contributed by atoms with van der Waals surface area (Å²) in [4.78, 5) is 12.9. The van der Waals surface area contributed by atoms with Crippen LogP contribution in [0.2, 0.25) is 0 Å². The molecule has 158 valence electrons. The molecule has 1 saturated carbocycles. The van der Waals surface area contributed by atoms with Gasteiger partial charge in [0.2, 0.25) is 0 Å². The van der Waals surface area contributed by atoms with Gasteiger partial charge in [-0.15, -0.1) is 6.58 Å². The molecule has 7 nitrogen and oxygen atoms in total. The molecule has 3 rings (SSSR count). The zero-order chi connectivity index (χ0) is 21.2. The van der Waals surface area contributed by atoms with Crippen molar-refractivity contribution in [3.05, 3.63) is 35.3 Å². The van der Waals surface area contributed by atoms with Crippen LogP contribution >= 0.6 is 0 Å². The summed E-state index contributed by atoms with van der Waals surface area (Å²) >= 11 is 0.